The summed E-state index contributed by atoms with van der Waals surface area (Å²) in [5.41, 5.74) is 2.35. The van der Waals surface area contributed by atoms with Crippen molar-refractivity contribution in [3.8, 4) is 11.5 Å². The summed E-state index contributed by atoms with van der Waals surface area (Å²) in [5, 5.41) is 6.65. The molecule has 0 aliphatic heterocycles. The van der Waals surface area contributed by atoms with Crippen LogP contribution in [0.15, 0.2) is 53.5 Å². The minimum absolute atomic E-state index is 0.603. The van der Waals surface area contributed by atoms with Crippen LogP contribution in [0.25, 0.3) is 0 Å². The van der Waals surface area contributed by atoms with Crippen molar-refractivity contribution in [1.29, 1.82) is 0 Å². The Bertz CT molecular complexity index is 686. The second-order valence-corrected chi connectivity index (χ2v) is 5.57. The predicted octanol–water partition coefficient (Wildman–Crippen LogP) is 3.00. The lowest BCUT2D eigenvalue weighted by molar-refractivity contribution is 0.414. The summed E-state index contributed by atoms with van der Waals surface area (Å²) >= 11 is 0. The number of aliphatic imine (C=N–C) groups is 1. The summed E-state index contributed by atoms with van der Waals surface area (Å²) in [7, 11) is 3.36. The molecule has 0 amide bonds. The fraction of sp³-hybridized carbons (Fsp3) is 0.350. The first-order chi connectivity index (χ1) is 12.2. The van der Waals surface area contributed by atoms with Gasteiger partial charge in [-0.25, -0.2) is 4.99 Å². The van der Waals surface area contributed by atoms with Crippen LogP contribution in [0.5, 0.6) is 11.5 Å². The Morgan fingerprint density at radius 3 is 2.20 bits per heavy atom. The first-order valence-electron chi connectivity index (χ1n) is 8.53. The number of guanidine groups is 1. The lowest BCUT2D eigenvalue weighted by atomic mass is 10.1. The minimum Gasteiger partial charge on any atom is -0.497 e. The van der Waals surface area contributed by atoms with Gasteiger partial charge < -0.3 is 20.1 Å². The van der Waals surface area contributed by atoms with Crippen LogP contribution in [0.1, 0.15) is 18.1 Å². The van der Waals surface area contributed by atoms with Gasteiger partial charge in [0.2, 0.25) is 0 Å². The van der Waals surface area contributed by atoms with Crippen LogP contribution in [0.3, 0.4) is 0 Å². The Hall–Kier alpha value is -2.69. The van der Waals surface area contributed by atoms with Crippen LogP contribution in [0.4, 0.5) is 0 Å². The zero-order chi connectivity index (χ0) is 17.9. The first kappa shape index (κ1) is 18.6. The summed E-state index contributed by atoms with van der Waals surface area (Å²) in [6.07, 6.45) is 0.904. The Labute approximate surface area is 150 Å². The molecule has 2 rings (SSSR count). The lowest BCUT2D eigenvalue weighted by Gasteiger charge is -2.12. The number of nitrogens with one attached hydrogen (secondary N) is 2. The van der Waals surface area contributed by atoms with E-state index in [1.807, 2.05) is 36.4 Å². The third kappa shape index (κ3) is 6.37. The van der Waals surface area contributed by atoms with Crippen LogP contribution < -0.4 is 20.1 Å². The van der Waals surface area contributed by atoms with Crippen molar-refractivity contribution in [3.05, 3.63) is 59.7 Å². The molecule has 0 aromatic heterocycles. The standard InChI is InChI=1S/C20H27N3O2/c1-4-21-20(23-15-17-8-6-10-19(14-17)25-3)22-12-11-16-7-5-9-18(13-16)24-2/h5-10,13-14H,4,11-12,15H2,1-3H3,(H2,21,22,23). The molecule has 0 saturated heterocycles. The molecular weight excluding hydrogens is 314 g/mol. The molecular formula is C20H27N3O2. The average molecular weight is 341 g/mol. The lowest BCUT2D eigenvalue weighted by Crippen LogP contribution is -2.38. The van der Waals surface area contributed by atoms with Gasteiger partial charge in [0.05, 0.1) is 20.8 Å². The monoisotopic (exact) mass is 341 g/mol. The predicted molar refractivity (Wildman–Crippen MR) is 103 cm³/mol. The van der Waals surface area contributed by atoms with E-state index in [0.29, 0.717) is 6.54 Å². The molecule has 0 unspecified atom stereocenters. The SMILES string of the molecule is CCNC(=NCc1cccc(OC)c1)NCCc1cccc(OC)c1. The van der Waals surface area contributed by atoms with E-state index in [-0.39, 0.29) is 0 Å². The second kappa shape index (κ2) is 10.2. The van der Waals surface area contributed by atoms with Crippen molar-refractivity contribution in [1.82, 2.24) is 10.6 Å². The Morgan fingerprint density at radius 1 is 0.920 bits per heavy atom. The summed E-state index contributed by atoms with van der Waals surface area (Å²) < 4.78 is 10.5. The van der Waals surface area contributed by atoms with Crippen LogP contribution in [0, 0.1) is 0 Å². The molecule has 2 N–H and O–H groups in total. The van der Waals surface area contributed by atoms with Crippen molar-refractivity contribution < 1.29 is 9.47 Å². The molecule has 0 atom stereocenters. The van der Waals surface area contributed by atoms with E-state index >= 15 is 0 Å². The molecule has 0 saturated carbocycles. The molecule has 5 heteroatoms. The Balaban J connectivity index is 1.90. The molecule has 25 heavy (non-hydrogen) atoms. The molecule has 5 nitrogen and oxygen atoms in total. The summed E-state index contributed by atoms with van der Waals surface area (Å²) in [5.74, 6) is 2.55. The van der Waals surface area contributed by atoms with Gasteiger partial charge in [-0.3, -0.25) is 0 Å². The summed E-state index contributed by atoms with van der Waals surface area (Å²) in [4.78, 5) is 4.64. The van der Waals surface area contributed by atoms with Crippen molar-refractivity contribution in [2.45, 2.75) is 19.9 Å². The zero-order valence-electron chi connectivity index (χ0n) is 15.2. The molecule has 2 aromatic carbocycles. The van der Waals surface area contributed by atoms with Crippen LogP contribution in [0.2, 0.25) is 0 Å². The average Bonchev–Trinajstić information content (AvgIpc) is 2.66. The first-order valence-corrected chi connectivity index (χ1v) is 8.53. The maximum atomic E-state index is 5.26. The minimum atomic E-state index is 0.603. The quantitative estimate of drug-likeness (QED) is 0.572. The molecule has 2 aromatic rings. The van der Waals surface area contributed by atoms with E-state index in [1.54, 1.807) is 14.2 Å². The number of nitrogens with zero attached hydrogens (tertiary/aromatic N) is 1. The number of methoxy groups -OCH3 is 2. The molecule has 0 spiro atoms. The molecule has 0 aliphatic rings. The van der Waals surface area contributed by atoms with Crippen LogP contribution in [-0.2, 0) is 13.0 Å². The molecule has 0 heterocycles. The largest absolute Gasteiger partial charge is 0.497 e. The Kier molecular flexibility index (Phi) is 7.63. The van der Waals surface area contributed by atoms with Crippen LogP contribution >= 0.6 is 0 Å². The van der Waals surface area contributed by atoms with Crippen molar-refractivity contribution in [2.75, 3.05) is 27.3 Å². The van der Waals surface area contributed by atoms with Gasteiger partial charge >= 0.3 is 0 Å². The van der Waals surface area contributed by atoms with Gasteiger partial charge in [-0.1, -0.05) is 24.3 Å². The highest BCUT2D eigenvalue weighted by atomic mass is 16.5. The zero-order valence-corrected chi connectivity index (χ0v) is 15.2. The van der Waals surface area contributed by atoms with Gasteiger partial charge in [-0.15, -0.1) is 0 Å². The van der Waals surface area contributed by atoms with Crippen molar-refractivity contribution >= 4 is 5.96 Å². The third-order valence-electron chi connectivity index (χ3n) is 3.74. The van der Waals surface area contributed by atoms with Gasteiger partial charge in [0.15, 0.2) is 5.96 Å². The van der Waals surface area contributed by atoms with Crippen molar-refractivity contribution in [3.63, 3.8) is 0 Å². The molecule has 0 aliphatic carbocycles. The fourth-order valence-corrected chi connectivity index (χ4v) is 2.44. The summed E-state index contributed by atoms with van der Waals surface area (Å²) in [6, 6.07) is 16.1. The fourth-order valence-electron chi connectivity index (χ4n) is 2.44. The van der Waals surface area contributed by atoms with Gasteiger partial charge in [-0.2, -0.15) is 0 Å². The van der Waals surface area contributed by atoms with E-state index in [9.17, 15) is 0 Å². The van der Waals surface area contributed by atoms with E-state index in [4.69, 9.17) is 9.47 Å². The number of hydrogen-bond acceptors (Lipinski definition) is 3. The molecule has 0 radical (unpaired) electrons. The van der Waals surface area contributed by atoms with Gasteiger partial charge in [0.25, 0.3) is 0 Å². The number of hydrogen-bond donors (Lipinski definition) is 2. The van der Waals surface area contributed by atoms with E-state index in [0.717, 1.165) is 42.5 Å². The van der Waals surface area contributed by atoms with Crippen LogP contribution in [-0.4, -0.2) is 33.3 Å². The van der Waals surface area contributed by atoms with Gasteiger partial charge in [0, 0.05) is 13.1 Å². The number of benzene rings is 2. The summed E-state index contributed by atoms with van der Waals surface area (Å²) in [6.45, 7) is 4.29. The van der Waals surface area contributed by atoms with Gasteiger partial charge in [-0.05, 0) is 48.7 Å². The molecule has 0 bridgehead atoms. The highest BCUT2D eigenvalue weighted by Gasteiger charge is 2.00. The smallest absolute Gasteiger partial charge is 0.191 e. The number of rotatable bonds is 8. The Morgan fingerprint density at radius 2 is 1.56 bits per heavy atom. The maximum absolute atomic E-state index is 5.26. The highest BCUT2D eigenvalue weighted by Crippen LogP contribution is 2.13. The normalized spacial score (nSPS) is 11.1. The second-order valence-electron chi connectivity index (χ2n) is 5.57. The van der Waals surface area contributed by atoms with Crippen molar-refractivity contribution in [2.24, 2.45) is 4.99 Å². The van der Waals surface area contributed by atoms with E-state index in [2.05, 4.69) is 34.7 Å². The molecule has 0 fully saturated rings. The van der Waals surface area contributed by atoms with E-state index in [1.165, 1.54) is 5.56 Å². The molecule has 134 valence electrons. The highest BCUT2D eigenvalue weighted by molar-refractivity contribution is 5.79. The number of ether oxygens (including phenoxy) is 2. The topological polar surface area (TPSA) is 54.9 Å². The maximum Gasteiger partial charge on any atom is 0.191 e. The van der Waals surface area contributed by atoms with Gasteiger partial charge in [0.1, 0.15) is 11.5 Å². The third-order valence-corrected chi connectivity index (χ3v) is 3.74. The van der Waals surface area contributed by atoms with E-state index < -0.39 is 0 Å².